The molecule has 1 aliphatic rings. The first-order chi connectivity index (χ1) is 13.4. The third kappa shape index (κ3) is 4.12. The average Bonchev–Trinajstić information content (AvgIpc) is 2.91. The monoisotopic (exact) mass is 403 g/mol. The van der Waals surface area contributed by atoms with Crippen LogP contribution >= 0.6 is 11.6 Å². The maximum Gasteiger partial charge on any atom is 0.329 e. The van der Waals surface area contributed by atoms with Gasteiger partial charge in [0, 0.05) is 10.6 Å². The van der Waals surface area contributed by atoms with Crippen molar-refractivity contribution < 1.29 is 23.5 Å². The maximum atomic E-state index is 13.6. The van der Waals surface area contributed by atoms with Crippen LogP contribution in [0.4, 0.5) is 14.9 Å². The van der Waals surface area contributed by atoms with Crippen molar-refractivity contribution in [2.45, 2.75) is 0 Å². The summed E-state index contributed by atoms with van der Waals surface area (Å²) in [6.07, 6.45) is 1.40. The molecule has 0 unspecified atom stereocenters. The van der Waals surface area contributed by atoms with E-state index in [-0.39, 0.29) is 11.4 Å². The molecule has 1 fully saturated rings. The van der Waals surface area contributed by atoms with Gasteiger partial charge < -0.3 is 15.4 Å². The number of amides is 4. The lowest BCUT2D eigenvalue weighted by atomic mass is 10.1. The van der Waals surface area contributed by atoms with Crippen LogP contribution in [-0.2, 0) is 9.59 Å². The molecule has 1 aliphatic heterocycles. The molecular weight excluding hydrogens is 389 g/mol. The van der Waals surface area contributed by atoms with E-state index in [1.165, 1.54) is 31.4 Å². The van der Waals surface area contributed by atoms with E-state index in [0.717, 1.165) is 4.90 Å². The molecule has 7 nitrogen and oxygen atoms in total. The summed E-state index contributed by atoms with van der Waals surface area (Å²) in [7, 11) is 1.46. The first-order valence-corrected chi connectivity index (χ1v) is 8.49. The minimum Gasteiger partial charge on any atom is -0.496 e. The predicted octanol–water partition coefficient (Wildman–Crippen LogP) is 3.02. The Labute approximate surface area is 164 Å². The summed E-state index contributed by atoms with van der Waals surface area (Å²) in [5, 5.41) is 5.14. The topological polar surface area (TPSA) is 87.7 Å². The standard InChI is InChI=1S/C19H15ClFN3O4/c1-28-16-7-6-12(20)8-11(16)9-15-18(26)24(19(27)23-15)10-17(25)22-14-5-3-2-4-13(14)21/h2-9H,10H2,1H3,(H,22,25)(H,23,27)/b15-9+. The zero-order valence-electron chi connectivity index (χ0n) is 14.7. The van der Waals surface area contributed by atoms with Crippen LogP contribution in [0.3, 0.4) is 0 Å². The molecule has 0 spiro atoms. The van der Waals surface area contributed by atoms with E-state index >= 15 is 0 Å². The van der Waals surface area contributed by atoms with Crippen LogP contribution in [0.15, 0.2) is 48.2 Å². The fourth-order valence-electron chi connectivity index (χ4n) is 2.58. The van der Waals surface area contributed by atoms with E-state index < -0.39 is 30.2 Å². The molecule has 0 bridgehead atoms. The molecule has 0 atom stereocenters. The second-order valence-electron chi connectivity index (χ2n) is 5.79. The summed E-state index contributed by atoms with van der Waals surface area (Å²) >= 11 is 5.96. The molecule has 0 aromatic heterocycles. The molecule has 1 saturated heterocycles. The van der Waals surface area contributed by atoms with E-state index in [1.807, 2.05) is 0 Å². The third-order valence-corrected chi connectivity index (χ3v) is 4.14. The molecule has 2 N–H and O–H groups in total. The number of halogens is 2. The summed E-state index contributed by atoms with van der Waals surface area (Å²) in [6.45, 7) is -0.566. The van der Waals surface area contributed by atoms with Crippen molar-refractivity contribution in [3.63, 3.8) is 0 Å². The summed E-state index contributed by atoms with van der Waals surface area (Å²) in [5.74, 6) is -1.58. The van der Waals surface area contributed by atoms with Crippen molar-refractivity contribution in [3.05, 3.63) is 64.6 Å². The quantitative estimate of drug-likeness (QED) is 0.593. The number of para-hydroxylation sites is 1. The third-order valence-electron chi connectivity index (χ3n) is 3.90. The minimum absolute atomic E-state index is 0.0377. The first kappa shape index (κ1) is 19.4. The van der Waals surface area contributed by atoms with Gasteiger partial charge in [-0.2, -0.15) is 0 Å². The van der Waals surface area contributed by atoms with Crippen LogP contribution in [0, 0.1) is 5.82 Å². The number of hydrogen-bond donors (Lipinski definition) is 2. The van der Waals surface area contributed by atoms with Gasteiger partial charge in [0.25, 0.3) is 5.91 Å². The van der Waals surface area contributed by atoms with Crippen LogP contribution < -0.4 is 15.4 Å². The fourth-order valence-corrected chi connectivity index (χ4v) is 2.77. The number of nitrogens with zero attached hydrogens (tertiary/aromatic N) is 1. The van der Waals surface area contributed by atoms with Gasteiger partial charge >= 0.3 is 6.03 Å². The van der Waals surface area contributed by atoms with Crippen LogP contribution in [0.2, 0.25) is 5.02 Å². The van der Waals surface area contributed by atoms with E-state index in [0.29, 0.717) is 16.3 Å². The van der Waals surface area contributed by atoms with Crippen molar-refractivity contribution in [1.29, 1.82) is 0 Å². The van der Waals surface area contributed by atoms with E-state index in [4.69, 9.17) is 16.3 Å². The molecule has 2 aromatic rings. The number of nitrogens with one attached hydrogen (secondary N) is 2. The zero-order chi connectivity index (χ0) is 20.3. The minimum atomic E-state index is -0.763. The predicted molar refractivity (Wildman–Crippen MR) is 101 cm³/mol. The zero-order valence-corrected chi connectivity index (χ0v) is 15.4. The molecule has 0 radical (unpaired) electrons. The highest BCUT2D eigenvalue weighted by atomic mass is 35.5. The molecule has 1 heterocycles. The van der Waals surface area contributed by atoms with Gasteiger partial charge in [-0.05, 0) is 36.4 Å². The Kier molecular flexibility index (Phi) is 5.60. The lowest BCUT2D eigenvalue weighted by Gasteiger charge is -2.12. The lowest BCUT2D eigenvalue weighted by molar-refractivity contribution is -0.127. The number of ether oxygens (including phenoxy) is 1. The van der Waals surface area contributed by atoms with E-state index in [2.05, 4.69) is 10.6 Å². The van der Waals surface area contributed by atoms with Crippen molar-refractivity contribution >= 4 is 41.2 Å². The smallest absolute Gasteiger partial charge is 0.329 e. The number of imide groups is 1. The Balaban J connectivity index is 1.76. The number of urea groups is 1. The normalized spacial score (nSPS) is 15.0. The maximum absolute atomic E-state index is 13.6. The largest absolute Gasteiger partial charge is 0.496 e. The second-order valence-corrected chi connectivity index (χ2v) is 6.23. The summed E-state index contributed by atoms with van der Waals surface area (Å²) in [4.78, 5) is 37.4. The van der Waals surface area contributed by atoms with Crippen LogP contribution in [0.5, 0.6) is 5.75 Å². The summed E-state index contributed by atoms with van der Waals surface area (Å²) in [5.41, 5.74) is 0.402. The van der Waals surface area contributed by atoms with E-state index in [9.17, 15) is 18.8 Å². The van der Waals surface area contributed by atoms with Crippen LogP contribution in [0.1, 0.15) is 5.56 Å². The molecule has 4 amide bonds. The van der Waals surface area contributed by atoms with E-state index in [1.54, 1.807) is 24.3 Å². The molecule has 2 aromatic carbocycles. The van der Waals surface area contributed by atoms with Crippen molar-refractivity contribution in [2.75, 3.05) is 19.0 Å². The Morgan fingerprint density at radius 3 is 2.75 bits per heavy atom. The van der Waals surface area contributed by atoms with Gasteiger partial charge in [-0.1, -0.05) is 23.7 Å². The average molecular weight is 404 g/mol. The highest BCUT2D eigenvalue weighted by Gasteiger charge is 2.35. The van der Waals surface area contributed by atoms with Crippen LogP contribution in [0.25, 0.3) is 6.08 Å². The number of methoxy groups -OCH3 is 1. The first-order valence-electron chi connectivity index (χ1n) is 8.11. The molecule has 0 saturated carbocycles. The van der Waals surface area contributed by atoms with Crippen molar-refractivity contribution in [1.82, 2.24) is 10.2 Å². The van der Waals surface area contributed by atoms with Gasteiger partial charge in [0.2, 0.25) is 5.91 Å². The SMILES string of the molecule is COc1ccc(Cl)cc1/C=C1/NC(=O)N(CC(=O)Nc2ccccc2F)C1=O. The number of carbonyl (C=O) groups excluding carboxylic acids is 3. The van der Waals surface area contributed by atoms with Crippen LogP contribution in [-0.4, -0.2) is 36.4 Å². The number of carbonyl (C=O) groups is 3. The Morgan fingerprint density at radius 1 is 1.29 bits per heavy atom. The fraction of sp³-hybridized carbons (Fsp3) is 0.105. The molecular formula is C19H15ClFN3O4. The Bertz CT molecular complexity index is 993. The lowest BCUT2D eigenvalue weighted by Crippen LogP contribution is -2.38. The van der Waals surface area contributed by atoms with Crippen molar-refractivity contribution in [2.24, 2.45) is 0 Å². The van der Waals surface area contributed by atoms with Gasteiger partial charge in [-0.3, -0.25) is 9.59 Å². The second kappa shape index (κ2) is 8.10. The van der Waals surface area contributed by atoms with Gasteiger partial charge in [-0.25, -0.2) is 14.1 Å². The number of rotatable bonds is 5. The van der Waals surface area contributed by atoms with Gasteiger partial charge in [0.05, 0.1) is 12.8 Å². The molecule has 9 heteroatoms. The summed E-state index contributed by atoms with van der Waals surface area (Å²) < 4.78 is 18.8. The molecule has 144 valence electrons. The van der Waals surface area contributed by atoms with Gasteiger partial charge in [0.1, 0.15) is 23.8 Å². The highest BCUT2D eigenvalue weighted by Crippen LogP contribution is 2.26. The highest BCUT2D eigenvalue weighted by molar-refractivity contribution is 6.30. The molecule has 3 rings (SSSR count). The molecule has 0 aliphatic carbocycles. The molecule has 28 heavy (non-hydrogen) atoms. The van der Waals surface area contributed by atoms with Gasteiger partial charge in [0.15, 0.2) is 0 Å². The number of benzene rings is 2. The summed E-state index contributed by atoms with van der Waals surface area (Å²) in [6, 6.07) is 9.63. The number of hydrogen-bond acceptors (Lipinski definition) is 4. The van der Waals surface area contributed by atoms with Gasteiger partial charge in [-0.15, -0.1) is 0 Å². The Morgan fingerprint density at radius 2 is 2.04 bits per heavy atom. The number of anilines is 1. The Hall–Kier alpha value is -3.39. The van der Waals surface area contributed by atoms with Crippen molar-refractivity contribution in [3.8, 4) is 5.75 Å².